The molecule has 13 heavy (non-hydrogen) atoms. The standard InChI is InChI=1S/C9H19NO3/c1-7(2)10-9(13)5-3-4-8(12)6-11/h7-8,11-12H,3-6H2,1-2H3,(H,10,13)/t8-/m0/s1. The Hall–Kier alpha value is -0.610. The molecule has 0 unspecified atom stereocenters. The number of nitrogens with one attached hydrogen (secondary N) is 1. The lowest BCUT2D eigenvalue weighted by atomic mass is 10.1. The third kappa shape index (κ3) is 7.74. The zero-order valence-corrected chi connectivity index (χ0v) is 8.29. The van der Waals surface area contributed by atoms with Crippen LogP contribution in [0.1, 0.15) is 33.1 Å². The van der Waals surface area contributed by atoms with Gasteiger partial charge in [0.15, 0.2) is 0 Å². The third-order valence-electron chi connectivity index (χ3n) is 1.60. The lowest BCUT2D eigenvalue weighted by molar-refractivity contribution is -0.121. The van der Waals surface area contributed by atoms with Crippen molar-refractivity contribution in [2.45, 2.75) is 45.3 Å². The first-order chi connectivity index (χ1) is 6.06. The van der Waals surface area contributed by atoms with Gasteiger partial charge in [0.05, 0.1) is 12.7 Å². The maximum absolute atomic E-state index is 11.1. The minimum atomic E-state index is -0.688. The van der Waals surface area contributed by atoms with Gasteiger partial charge in [0.1, 0.15) is 0 Å². The molecule has 0 aliphatic heterocycles. The van der Waals surface area contributed by atoms with Crippen LogP contribution >= 0.6 is 0 Å². The molecule has 1 atom stereocenters. The Morgan fingerprint density at radius 2 is 2.08 bits per heavy atom. The second-order valence-electron chi connectivity index (χ2n) is 3.45. The molecule has 0 bridgehead atoms. The molecule has 0 saturated carbocycles. The summed E-state index contributed by atoms with van der Waals surface area (Å²) in [5, 5.41) is 20.2. The summed E-state index contributed by atoms with van der Waals surface area (Å²) in [4.78, 5) is 11.1. The largest absolute Gasteiger partial charge is 0.394 e. The van der Waals surface area contributed by atoms with Crippen LogP contribution in [0.25, 0.3) is 0 Å². The van der Waals surface area contributed by atoms with Gasteiger partial charge in [0.25, 0.3) is 0 Å². The molecule has 3 N–H and O–H groups in total. The van der Waals surface area contributed by atoms with Crippen LogP contribution in [-0.2, 0) is 4.79 Å². The number of aliphatic hydroxyl groups excluding tert-OH is 2. The second kappa shape index (κ2) is 6.86. The van der Waals surface area contributed by atoms with Crippen molar-refractivity contribution in [3.05, 3.63) is 0 Å². The molecular formula is C9H19NO3. The summed E-state index contributed by atoms with van der Waals surface area (Å²) < 4.78 is 0. The van der Waals surface area contributed by atoms with E-state index in [-0.39, 0.29) is 18.6 Å². The van der Waals surface area contributed by atoms with Crippen molar-refractivity contribution < 1.29 is 15.0 Å². The second-order valence-corrected chi connectivity index (χ2v) is 3.45. The smallest absolute Gasteiger partial charge is 0.220 e. The molecule has 0 fully saturated rings. The van der Waals surface area contributed by atoms with Gasteiger partial charge in [-0.25, -0.2) is 0 Å². The topological polar surface area (TPSA) is 69.6 Å². The SMILES string of the molecule is CC(C)NC(=O)CCC[C@H](O)CO. The van der Waals surface area contributed by atoms with E-state index in [1.54, 1.807) is 0 Å². The summed E-state index contributed by atoms with van der Waals surface area (Å²) in [7, 11) is 0. The van der Waals surface area contributed by atoms with E-state index >= 15 is 0 Å². The number of rotatable bonds is 6. The molecule has 0 spiro atoms. The fraction of sp³-hybridized carbons (Fsp3) is 0.889. The third-order valence-corrected chi connectivity index (χ3v) is 1.60. The highest BCUT2D eigenvalue weighted by Crippen LogP contribution is 2.00. The fourth-order valence-electron chi connectivity index (χ4n) is 0.984. The van der Waals surface area contributed by atoms with E-state index in [0.717, 1.165) is 0 Å². The lowest BCUT2D eigenvalue weighted by Crippen LogP contribution is -2.30. The Morgan fingerprint density at radius 3 is 2.54 bits per heavy atom. The van der Waals surface area contributed by atoms with Gasteiger partial charge >= 0.3 is 0 Å². The van der Waals surface area contributed by atoms with E-state index in [1.165, 1.54) is 0 Å². The first kappa shape index (κ1) is 12.4. The number of hydrogen-bond donors (Lipinski definition) is 3. The van der Waals surface area contributed by atoms with Crippen LogP contribution in [0.2, 0.25) is 0 Å². The van der Waals surface area contributed by atoms with Crippen LogP contribution in [0.4, 0.5) is 0 Å². The predicted octanol–water partition coefficient (Wildman–Crippen LogP) is 0.0345. The number of aliphatic hydroxyl groups is 2. The Bertz CT molecular complexity index is 148. The summed E-state index contributed by atoms with van der Waals surface area (Å²) in [6, 6.07) is 0.162. The molecule has 0 heterocycles. The zero-order chi connectivity index (χ0) is 10.3. The van der Waals surface area contributed by atoms with Gasteiger partial charge in [-0.1, -0.05) is 0 Å². The molecule has 0 radical (unpaired) electrons. The van der Waals surface area contributed by atoms with E-state index < -0.39 is 6.10 Å². The van der Waals surface area contributed by atoms with Gasteiger partial charge in [-0.3, -0.25) is 4.79 Å². The highest BCUT2D eigenvalue weighted by molar-refractivity contribution is 5.76. The first-order valence-electron chi connectivity index (χ1n) is 4.64. The van der Waals surface area contributed by atoms with Crippen molar-refractivity contribution in [1.82, 2.24) is 5.32 Å². The van der Waals surface area contributed by atoms with Gasteiger partial charge in [-0.2, -0.15) is 0 Å². The molecule has 1 amide bonds. The van der Waals surface area contributed by atoms with Crippen molar-refractivity contribution in [2.75, 3.05) is 6.61 Å². The van der Waals surface area contributed by atoms with Crippen LogP contribution in [0.3, 0.4) is 0 Å². The molecule has 4 nitrogen and oxygen atoms in total. The van der Waals surface area contributed by atoms with Gasteiger partial charge in [0, 0.05) is 12.5 Å². The molecule has 0 aromatic heterocycles. The maximum atomic E-state index is 11.1. The van der Waals surface area contributed by atoms with Crippen LogP contribution < -0.4 is 5.32 Å². The van der Waals surface area contributed by atoms with Gasteiger partial charge < -0.3 is 15.5 Å². The predicted molar refractivity (Wildman–Crippen MR) is 50.2 cm³/mol. The molecule has 0 aliphatic carbocycles. The summed E-state index contributed by atoms with van der Waals surface area (Å²) in [5.41, 5.74) is 0. The van der Waals surface area contributed by atoms with Crippen LogP contribution in [0.5, 0.6) is 0 Å². The van der Waals surface area contributed by atoms with Gasteiger partial charge in [-0.05, 0) is 26.7 Å². The molecular weight excluding hydrogens is 170 g/mol. The number of amides is 1. The average Bonchev–Trinajstić information content (AvgIpc) is 2.02. The van der Waals surface area contributed by atoms with Crippen LogP contribution in [0.15, 0.2) is 0 Å². The van der Waals surface area contributed by atoms with Gasteiger partial charge in [-0.15, -0.1) is 0 Å². The zero-order valence-electron chi connectivity index (χ0n) is 8.29. The van der Waals surface area contributed by atoms with E-state index in [0.29, 0.717) is 19.3 Å². The molecule has 78 valence electrons. The summed E-state index contributed by atoms with van der Waals surface area (Å²) in [6.07, 6.45) is 0.809. The Kier molecular flexibility index (Phi) is 6.54. The molecule has 4 heteroatoms. The highest BCUT2D eigenvalue weighted by atomic mass is 16.3. The van der Waals surface area contributed by atoms with Crippen molar-refractivity contribution in [3.8, 4) is 0 Å². The van der Waals surface area contributed by atoms with Gasteiger partial charge in [0.2, 0.25) is 5.91 Å². The Labute approximate surface area is 79.0 Å². The molecule has 0 aromatic rings. The maximum Gasteiger partial charge on any atom is 0.220 e. The molecule has 0 aromatic carbocycles. The number of hydrogen-bond acceptors (Lipinski definition) is 3. The highest BCUT2D eigenvalue weighted by Gasteiger charge is 2.05. The van der Waals surface area contributed by atoms with Crippen LogP contribution in [-0.4, -0.2) is 34.9 Å². The van der Waals surface area contributed by atoms with E-state index in [4.69, 9.17) is 10.2 Å². The minimum absolute atomic E-state index is 0.000129. The lowest BCUT2D eigenvalue weighted by Gasteiger charge is -2.09. The van der Waals surface area contributed by atoms with Crippen LogP contribution in [0, 0.1) is 0 Å². The van der Waals surface area contributed by atoms with Crippen molar-refractivity contribution in [2.24, 2.45) is 0 Å². The number of carbonyl (C=O) groups excluding carboxylic acids is 1. The average molecular weight is 189 g/mol. The first-order valence-corrected chi connectivity index (χ1v) is 4.64. The Balaban J connectivity index is 3.37. The van der Waals surface area contributed by atoms with Crippen molar-refractivity contribution >= 4 is 5.91 Å². The molecule has 0 aliphatic rings. The molecule has 0 saturated heterocycles. The molecule has 0 rings (SSSR count). The monoisotopic (exact) mass is 189 g/mol. The quantitative estimate of drug-likeness (QED) is 0.552. The number of carbonyl (C=O) groups is 1. The van der Waals surface area contributed by atoms with Crippen molar-refractivity contribution in [3.63, 3.8) is 0 Å². The normalized spacial score (nSPS) is 13.0. The van der Waals surface area contributed by atoms with Crippen molar-refractivity contribution in [1.29, 1.82) is 0 Å². The Morgan fingerprint density at radius 1 is 1.46 bits per heavy atom. The van der Waals surface area contributed by atoms with E-state index in [1.807, 2.05) is 13.8 Å². The summed E-state index contributed by atoms with van der Waals surface area (Å²) in [5.74, 6) is 0.000129. The minimum Gasteiger partial charge on any atom is -0.394 e. The summed E-state index contributed by atoms with van der Waals surface area (Å²) in [6.45, 7) is 3.58. The van der Waals surface area contributed by atoms with E-state index in [2.05, 4.69) is 5.32 Å². The van der Waals surface area contributed by atoms with E-state index in [9.17, 15) is 4.79 Å². The summed E-state index contributed by atoms with van der Waals surface area (Å²) >= 11 is 0. The fourth-order valence-corrected chi connectivity index (χ4v) is 0.984.